The van der Waals surface area contributed by atoms with Crippen LogP contribution in [0.1, 0.15) is 5.82 Å². The summed E-state index contributed by atoms with van der Waals surface area (Å²) in [7, 11) is 1.72. The van der Waals surface area contributed by atoms with Gasteiger partial charge in [0.1, 0.15) is 5.82 Å². The monoisotopic (exact) mass is 230 g/mol. The van der Waals surface area contributed by atoms with Crippen LogP contribution >= 0.6 is 0 Å². The number of imidazole rings is 1. The maximum absolute atomic E-state index is 11.8. The minimum atomic E-state index is -0.160. The lowest BCUT2D eigenvalue weighted by atomic mass is 10.3. The van der Waals surface area contributed by atoms with Crippen LogP contribution in [0.3, 0.4) is 0 Å². The number of aromatic amines is 1. The molecule has 0 radical (unpaired) electrons. The average molecular weight is 230 g/mol. The molecule has 0 spiro atoms. The van der Waals surface area contributed by atoms with Crippen LogP contribution in [-0.2, 0) is 6.54 Å². The number of nitrogens with zero attached hydrogens (tertiary/aromatic N) is 2. The van der Waals surface area contributed by atoms with Gasteiger partial charge in [-0.2, -0.15) is 0 Å². The van der Waals surface area contributed by atoms with Crippen molar-refractivity contribution in [3.8, 4) is 0 Å². The summed E-state index contributed by atoms with van der Waals surface area (Å²) >= 11 is 0. The Labute approximate surface area is 99.5 Å². The second-order valence-corrected chi connectivity index (χ2v) is 3.69. The highest BCUT2D eigenvalue weighted by Crippen LogP contribution is 2.06. The second-order valence-electron chi connectivity index (χ2n) is 3.69. The number of H-pyrrole nitrogens is 1. The topological polar surface area (TPSA) is 61.0 Å². The lowest BCUT2D eigenvalue weighted by Crippen LogP contribution is -2.31. The highest BCUT2D eigenvalue weighted by atomic mass is 16.2. The van der Waals surface area contributed by atoms with E-state index in [0.29, 0.717) is 6.54 Å². The Morgan fingerprint density at radius 3 is 2.82 bits per heavy atom. The zero-order valence-corrected chi connectivity index (χ0v) is 9.55. The molecule has 1 aromatic heterocycles. The maximum Gasteiger partial charge on any atom is 0.321 e. The van der Waals surface area contributed by atoms with Crippen LogP contribution < -0.4 is 5.32 Å². The van der Waals surface area contributed by atoms with E-state index < -0.39 is 0 Å². The lowest BCUT2D eigenvalue weighted by Gasteiger charge is -2.16. The molecule has 0 saturated heterocycles. The highest BCUT2D eigenvalue weighted by molar-refractivity contribution is 5.88. The van der Waals surface area contributed by atoms with Crippen LogP contribution in [0.5, 0.6) is 0 Å². The van der Waals surface area contributed by atoms with Crippen molar-refractivity contribution >= 4 is 11.7 Å². The Hall–Kier alpha value is -2.30. The molecule has 1 heterocycles. The normalized spacial score (nSPS) is 9.94. The molecule has 2 aromatic rings. The van der Waals surface area contributed by atoms with E-state index in [1.54, 1.807) is 24.3 Å². The molecule has 5 heteroatoms. The van der Waals surface area contributed by atoms with E-state index in [1.807, 2.05) is 30.3 Å². The van der Waals surface area contributed by atoms with Gasteiger partial charge in [0.15, 0.2) is 0 Å². The summed E-state index contributed by atoms with van der Waals surface area (Å²) in [5.41, 5.74) is 0.781. The van der Waals surface area contributed by atoms with Crippen molar-refractivity contribution in [3.63, 3.8) is 0 Å². The Bertz CT molecular complexity index is 467. The van der Waals surface area contributed by atoms with Gasteiger partial charge < -0.3 is 15.2 Å². The smallest absolute Gasteiger partial charge is 0.321 e. The lowest BCUT2D eigenvalue weighted by molar-refractivity contribution is 0.219. The number of para-hydroxylation sites is 1. The summed E-state index contributed by atoms with van der Waals surface area (Å²) in [4.78, 5) is 20.4. The van der Waals surface area contributed by atoms with E-state index >= 15 is 0 Å². The Balaban J connectivity index is 1.92. The number of aromatic nitrogens is 2. The SMILES string of the molecule is CN(Cc1ncc[nH]1)C(=O)Nc1ccccc1. The molecule has 17 heavy (non-hydrogen) atoms. The summed E-state index contributed by atoms with van der Waals surface area (Å²) in [6.45, 7) is 0.450. The number of carbonyl (C=O) groups is 1. The van der Waals surface area contributed by atoms with E-state index in [9.17, 15) is 4.79 Å². The third kappa shape index (κ3) is 3.07. The van der Waals surface area contributed by atoms with Crippen LogP contribution in [0.25, 0.3) is 0 Å². The fourth-order valence-corrected chi connectivity index (χ4v) is 1.42. The molecule has 0 aliphatic rings. The van der Waals surface area contributed by atoms with Crippen LogP contribution in [0.4, 0.5) is 10.5 Å². The molecule has 88 valence electrons. The van der Waals surface area contributed by atoms with Gasteiger partial charge in [-0.1, -0.05) is 18.2 Å². The second kappa shape index (κ2) is 5.16. The fraction of sp³-hybridized carbons (Fsp3) is 0.167. The maximum atomic E-state index is 11.8. The first-order chi connectivity index (χ1) is 8.25. The van der Waals surface area contributed by atoms with Crippen molar-refractivity contribution in [2.75, 3.05) is 12.4 Å². The molecule has 0 saturated carbocycles. The number of amides is 2. The molecular weight excluding hydrogens is 216 g/mol. The van der Waals surface area contributed by atoms with Crippen LogP contribution in [0.15, 0.2) is 42.7 Å². The summed E-state index contributed by atoms with van der Waals surface area (Å²) in [6.07, 6.45) is 3.40. The highest BCUT2D eigenvalue weighted by Gasteiger charge is 2.09. The van der Waals surface area contributed by atoms with Crippen LogP contribution in [-0.4, -0.2) is 27.9 Å². The molecule has 0 aliphatic heterocycles. The zero-order valence-electron chi connectivity index (χ0n) is 9.55. The van der Waals surface area contributed by atoms with Crippen molar-refractivity contribution in [2.24, 2.45) is 0 Å². The van der Waals surface area contributed by atoms with Gasteiger partial charge in [-0.15, -0.1) is 0 Å². The minimum Gasteiger partial charge on any atom is -0.347 e. The first kappa shape index (κ1) is 11.2. The number of rotatable bonds is 3. The first-order valence-electron chi connectivity index (χ1n) is 5.31. The Morgan fingerprint density at radius 1 is 1.41 bits per heavy atom. The Kier molecular flexibility index (Phi) is 3.40. The summed E-state index contributed by atoms with van der Waals surface area (Å²) in [5.74, 6) is 0.760. The van der Waals surface area contributed by atoms with E-state index in [4.69, 9.17) is 0 Å². The van der Waals surface area contributed by atoms with Gasteiger partial charge in [0, 0.05) is 25.1 Å². The molecule has 0 atom stereocenters. The number of anilines is 1. The summed E-state index contributed by atoms with van der Waals surface area (Å²) in [6, 6.07) is 9.19. The molecule has 0 fully saturated rings. The van der Waals surface area contributed by atoms with Gasteiger partial charge in [-0.3, -0.25) is 0 Å². The quantitative estimate of drug-likeness (QED) is 0.848. The first-order valence-corrected chi connectivity index (χ1v) is 5.31. The Morgan fingerprint density at radius 2 is 2.18 bits per heavy atom. The van der Waals surface area contributed by atoms with E-state index in [2.05, 4.69) is 15.3 Å². The van der Waals surface area contributed by atoms with Crippen molar-refractivity contribution in [1.29, 1.82) is 0 Å². The standard InChI is InChI=1S/C12H14N4O/c1-16(9-11-13-7-8-14-11)12(17)15-10-5-3-2-4-6-10/h2-8H,9H2,1H3,(H,13,14)(H,15,17). The number of carbonyl (C=O) groups excluding carboxylic acids is 1. The van der Waals surface area contributed by atoms with E-state index in [0.717, 1.165) is 11.5 Å². The van der Waals surface area contributed by atoms with Gasteiger partial charge >= 0.3 is 6.03 Å². The third-order valence-corrected chi connectivity index (χ3v) is 2.31. The van der Waals surface area contributed by atoms with Crippen molar-refractivity contribution < 1.29 is 4.79 Å². The molecule has 0 aliphatic carbocycles. The fourth-order valence-electron chi connectivity index (χ4n) is 1.42. The largest absolute Gasteiger partial charge is 0.347 e. The van der Waals surface area contributed by atoms with E-state index in [-0.39, 0.29) is 6.03 Å². The summed E-state index contributed by atoms with van der Waals surface area (Å²) < 4.78 is 0. The molecular formula is C12H14N4O. The predicted octanol–water partition coefficient (Wildman–Crippen LogP) is 2.07. The van der Waals surface area contributed by atoms with Crippen molar-refractivity contribution in [1.82, 2.24) is 14.9 Å². The minimum absolute atomic E-state index is 0.160. The molecule has 0 unspecified atom stereocenters. The molecule has 1 aromatic carbocycles. The molecule has 5 nitrogen and oxygen atoms in total. The van der Waals surface area contributed by atoms with Gasteiger partial charge in [0.05, 0.1) is 6.54 Å². The van der Waals surface area contributed by atoms with Gasteiger partial charge in [0.25, 0.3) is 0 Å². The zero-order chi connectivity index (χ0) is 12.1. The van der Waals surface area contributed by atoms with Crippen molar-refractivity contribution in [2.45, 2.75) is 6.54 Å². The van der Waals surface area contributed by atoms with Crippen LogP contribution in [0, 0.1) is 0 Å². The number of benzene rings is 1. The van der Waals surface area contributed by atoms with Gasteiger partial charge in [0.2, 0.25) is 0 Å². The van der Waals surface area contributed by atoms with Gasteiger partial charge in [-0.05, 0) is 12.1 Å². The van der Waals surface area contributed by atoms with Gasteiger partial charge in [-0.25, -0.2) is 9.78 Å². The molecule has 2 amide bonds. The average Bonchev–Trinajstić information content (AvgIpc) is 2.83. The molecule has 0 bridgehead atoms. The van der Waals surface area contributed by atoms with Crippen LogP contribution in [0.2, 0.25) is 0 Å². The number of nitrogens with one attached hydrogen (secondary N) is 2. The number of hydrogen-bond acceptors (Lipinski definition) is 2. The molecule has 2 rings (SSSR count). The number of hydrogen-bond donors (Lipinski definition) is 2. The predicted molar refractivity (Wildman–Crippen MR) is 65.5 cm³/mol. The molecule has 2 N–H and O–H groups in total. The number of urea groups is 1. The summed E-state index contributed by atoms with van der Waals surface area (Å²) in [5, 5.41) is 2.80. The third-order valence-electron chi connectivity index (χ3n) is 2.31. The van der Waals surface area contributed by atoms with Crippen molar-refractivity contribution in [3.05, 3.63) is 48.5 Å². The van der Waals surface area contributed by atoms with E-state index in [1.165, 1.54) is 0 Å².